The first-order valence-corrected chi connectivity index (χ1v) is 18.3. The van der Waals surface area contributed by atoms with Crippen molar-refractivity contribution in [2.75, 3.05) is 0 Å². The fourth-order valence-corrected chi connectivity index (χ4v) is 8.08. The summed E-state index contributed by atoms with van der Waals surface area (Å²) in [6.07, 6.45) is -0.847. The number of aliphatic hydroxyl groups is 1. The van der Waals surface area contributed by atoms with Gasteiger partial charge in [0, 0.05) is 33.4 Å². The van der Waals surface area contributed by atoms with Crippen LogP contribution in [0.2, 0.25) is 0 Å². The lowest BCUT2D eigenvalue weighted by Crippen LogP contribution is -2.09. The average Bonchev–Trinajstić information content (AvgIpc) is 3.73. The van der Waals surface area contributed by atoms with Crippen LogP contribution in [0, 0.1) is 0 Å². The van der Waals surface area contributed by atoms with Crippen LogP contribution in [-0.2, 0) is 4.79 Å². The molecule has 256 valence electrons. The normalized spacial score (nSPS) is 15.8. The molecular formula is C52H36O2. The molecule has 0 heterocycles. The number of ketones is 1. The molecule has 0 radical (unpaired) electrons. The second kappa shape index (κ2) is 14.3. The fourth-order valence-electron chi connectivity index (χ4n) is 8.08. The molecular weight excluding hydrogens is 657 g/mol. The third-order valence-corrected chi connectivity index (χ3v) is 10.4. The third kappa shape index (κ3) is 5.80. The Balaban J connectivity index is 1.29. The number of rotatable bonds is 8. The molecule has 2 aliphatic rings. The SMILES string of the molecule is O=C1C(c2ccccc2)=C(c2ccccc2)C(c2ccc(C3=C(c4ccccc4)C(O)C(c4ccccc4)=C3c3ccccc3)cc2)=C1c1ccccc1. The van der Waals surface area contributed by atoms with Crippen molar-refractivity contribution in [2.45, 2.75) is 6.10 Å². The highest BCUT2D eigenvalue weighted by Gasteiger charge is 2.37. The maximum atomic E-state index is 14.8. The molecule has 9 rings (SSSR count). The number of carbonyl (C=O) groups excluding carboxylic acids is 1. The van der Waals surface area contributed by atoms with Crippen molar-refractivity contribution in [3.05, 3.63) is 251 Å². The van der Waals surface area contributed by atoms with Crippen molar-refractivity contribution >= 4 is 50.4 Å². The molecule has 0 spiro atoms. The highest BCUT2D eigenvalue weighted by atomic mass is 16.3. The molecule has 0 saturated carbocycles. The molecule has 0 saturated heterocycles. The summed E-state index contributed by atoms with van der Waals surface area (Å²) in [7, 11) is 0. The summed E-state index contributed by atoms with van der Waals surface area (Å²) in [5, 5.41) is 12.4. The second-order valence-electron chi connectivity index (χ2n) is 13.6. The van der Waals surface area contributed by atoms with Crippen molar-refractivity contribution in [1.82, 2.24) is 0 Å². The molecule has 1 unspecified atom stereocenters. The van der Waals surface area contributed by atoms with Gasteiger partial charge in [0.25, 0.3) is 0 Å². The van der Waals surface area contributed by atoms with E-state index in [-0.39, 0.29) is 5.78 Å². The van der Waals surface area contributed by atoms with E-state index in [0.717, 1.165) is 77.9 Å². The molecule has 0 aliphatic heterocycles. The second-order valence-corrected chi connectivity index (χ2v) is 13.6. The summed E-state index contributed by atoms with van der Waals surface area (Å²) >= 11 is 0. The first-order valence-electron chi connectivity index (χ1n) is 18.3. The summed E-state index contributed by atoms with van der Waals surface area (Å²) in [5.41, 5.74) is 14.7. The molecule has 7 aromatic rings. The topological polar surface area (TPSA) is 37.3 Å². The predicted octanol–water partition coefficient (Wildman–Crippen LogP) is 11.7. The minimum absolute atomic E-state index is 0.0140. The monoisotopic (exact) mass is 692 g/mol. The van der Waals surface area contributed by atoms with Gasteiger partial charge in [0.2, 0.25) is 0 Å². The van der Waals surface area contributed by atoms with Gasteiger partial charge in [-0.25, -0.2) is 0 Å². The first kappa shape index (κ1) is 33.0. The van der Waals surface area contributed by atoms with E-state index in [1.807, 2.05) is 121 Å². The Bertz CT molecular complexity index is 2600. The van der Waals surface area contributed by atoms with Crippen LogP contribution < -0.4 is 0 Å². The van der Waals surface area contributed by atoms with E-state index in [2.05, 4.69) is 84.9 Å². The molecule has 2 nitrogen and oxygen atoms in total. The van der Waals surface area contributed by atoms with E-state index in [4.69, 9.17) is 0 Å². The van der Waals surface area contributed by atoms with Gasteiger partial charge in [0.15, 0.2) is 5.78 Å². The maximum absolute atomic E-state index is 14.8. The molecule has 0 amide bonds. The number of Topliss-reactive ketones (excluding diaryl/α,β-unsaturated/α-hetero) is 1. The summed E-state index contributed by atoms with van der Waals surface area (Å²) in [6.45, 7) is 0. The molecule has 0 bridgehead atoms. The van der Waals surface area contributed by atoms with Crippen molar-refractivity contribution in [3.8, 4) is 0 Å². The van der Waals surface area contributed by atoms with Crippen LogP contribution in [0.1, 0.15) is 44.5 Å². The van der Waals surface area contributed by atoms with E-state index in [1.54, 1.807) is 0 Å². The number of carbonyl (C=O) groups is 1. The summed E-state index contributed by atoms with van der Waals surface area (Å²) in [4.78, 5) is 14.8. The maximum Gasteiger partial charge on any atom is 0.195 e. The smallest absolute Gasteiger partial charge is 0.195 e. The Morgan fingerprint density at radius 3 is 0.796 bits per heavy atom. The molecule has 2 heteroatoms. The van der Waals surface area contributed by atoms with Crippen molar-refractivity contribution in [1.29, 1.82) is 0 Å². The summed E-state index contributed by atoms with van der Waals surface area (Å²) < 4.78 is 0. The van der Waals surface area contributed by atoms with Crippen molar-refractivity contribution < 1.29 is 9.90 Å². The van der Waals surface area contributed by atoms with Crippen LogP contribution in [0.4, 0.5) is 0 Å². The van der Waals surface area contributed by atoms with Gasteiger partial charge in [-0.1, -0.05) is 206 Å². The number of hydrogen-bond donors (Lipinski definition) is 1. The Labute approximate surface area is 316 Å². The lowest BCUT2D eigenvalue weighted by Gasteiger charge is -2.17. The van der Waals surface area contributed by atoms with Crippen molar-refractivity contribution in [2.24, 2.45) is 0 Å². The Kier molecular flexibility index (Phi) is 8.72. The van der Waals surface area contributed by atoms with Gasteiger partial charge < -0.3 is 5.11 Å². The van der Waals surface area contributed by atoms with E-state index in [9.17, 15) is 9.90 Å². The number of aliphatic hydroxyl groups excluding tert-OH is 1. The lowest BCUT2D eigenvalue weighted by molar-refractivity contribution is -0.108. The van der Waals surface area contributed by atoms with Gasteiger partial charge in [-0.15, -0.1) is 0 Å². The van der Waals surface area contributed by atoms with Crippen LogP contribution in [0.25, 0.3) is 44.6 Å². The Morgan fingerprint density at radius 2 is 0.481 bits per heavy atom. The van der Waals surface area contributed by atoms with Gasteiger partial charge in [-0.3, -0.25) is 4.79 Å². The van der Waals surface area contributed by atoms with Gasteiger partial charge >= 0.3 is 0 Å². The summed E-state index contributed by atoms with van der Waals surface area (Å²) in [6, 6.07) is 69.6. The van der Waals surface area contributed by atoms with Gasteiger partial charge in [-0.05, 0) is 55.7 Å². The molecule has 54 heavy (non-hydrogen) atoms. The molecule has 7 aromatic carbocycles. The zero-order valence-electron chi connectivity index (χ0n) is 29.6. The zero-order chi connectivity index (χ0) is 36.4. The lowest BCUT2D eigenvalue weighted by atomic mass is 9.86. The molecule has 1 atom stereocenters. The third-order valence-electron chi connectivity index (χ3n) is 10.4. The summed E-state index contributed by atoms with van der Waals surface area (Å²) in [5.74, 6) is 0.0140. The van der Waals surface area contributed by atoms with E-state index >= 15 is 0 Å². The van der Waals surface area contributed by atoms with Crippen LogP contribution in [0.5, 0.6) is 0 Å². The zero-order valence-corrected chi connectivity index (χ0v) is 29.6. The van der Waals surface area contributed by atoms with Crippen LogP contribution in [-0.4, -0.2) is 17.0 Å². The van der Waals surface area contributed by atoms with Gasteiger partial charge in [0.05, 0.1) is 0 Å². The van der Waals surface area contributed by atoms with E-state index in [0.29, 0.717) is 11.1 Å². The number of allylic oxidation sites excluding steroid dienone is 6. The molecule has 0 aromatic heterocycles. The van der Waals surface area contributed by atoms with Gasteiger partial charge in [0.1, 0.15) is 6.10 Å². The Morgan fingerprint density at radius 1 is 0.259 bits per heavy atom. The predicted molar refractivity (Wildman–Crippen MR) is 223 cm³/mol. The standard InChI is InChI=1S/C52H36O2/c53-51-47(37-23-11-3-12-24-37)43(35-19-7-1-8-20-35)45(49(51)39-27-15-5-16-28-39)41-31-33-42(34-32-41)46-44(36-21-9-2-10-22-36)48(38-25-13-4-14-26-38)52(54)50(46)40-29-17-6-18-30-40/h1-34,51,53H. The van der Waals surface area contributed by atoms with Crippen LogP contribution in [0.15, 0.2) is 206 Å². The van der Waals surface area contributed by atoms with Gasteiger partial charge in [-0.2, -0.15) is 0 Å². The first-order chi connectivity index (χ1) is 26.7. The molecule has 1 N–H and O–H groups in total. The molecule has 2 aliphatic carbocycles. The van der Waals surface area contributed by atoms with Crippen molar-refractivity contribution in [3.63, 3.8) is 0 Å². The number of benzene rings is 7. The fraction of sp³-hybridized carbons (Fsp3) is 0.0192. The van der Waals surface area contributed by atoms with Crippen LogP contribution >= 0.6 is 0 Å². The minimum Gasteiger partial charge on any atom is -0.384 e. The number of hydrogen-bond acceptors (Lipinski definition) is 2. The molecule has 0 fully saturated rings. The average molecular weight is 693 g/mol. The van der Waals surface area contributed by atoms with E-state index < -0.39 is 6.10 Å². The van der Waals surface area contributed by atoms with E-state index in [1.165, 1.54) is 0 Å². The van der Waals surface area contributed by atoms with Crippen LogP contribution in [0.3, 0.4) is 0 Å². The Hall–Kier alpha value is -6.87. The highest BCUT2D eigenvalue weighted by molar-refractivity contribution is 6.59. The largest absolute Gasteiger partial charge is 0.384 e. The quantitative estimate of drug-likeness (QED) is 0.172. The minimum atomic E-state index is -0.847. The highest BCUT2D eigenvalue weighted by Crippen LogP contribution is 2.53.